The predicted octanol–water partition coefficient (Wildman–Crippen LogP) is 7.52. The van der Waals surface area contributed by atoms with Gasteiger partial charge in [-0.15, -0.1) is 0 Å². The summed E-state index contributed by atoms with van der Waals surface area (Å²) in [5.74, 6) is 0. The molecule has 32 heavy (non-hydrogen) atoms. The Morgan fingerprint density at radius 2 is 0.875 bits per heavy atom. The minimum absolute atomic E-state index is 0.642. The number of hydrogen-bond donors (Lipinski definition) is 0. The van der Waals surface area contributed by atoms with Gasteiger partial charge in [0.15, 0.2) is 0 Å². The maximum Gasteiger partial charge on any atom is -0.0106 e. The van der Waals surface area contributed by atoms with E-state index in [2.05, 4.69) is 134 Å². The van der Waals surface area contributed by atoms with Gasteiger partial charge in [-0.05, 0) is 32.2 Å². The van der Waals surface area contributed by atoms with Crippen molar-refractivity contribution in [2.75, 3.05) is 0 Å². The Morgan fingerprint density at radius 3 is 1.34 bits per heavy atom. The van der Waals surface area contributed by atoms with Gasteiger partial charge in [-0.3, -0.25) is 0 Å². The molecule has 0 saturated heterocycles. The summed E-state index contributed by atoms with van der Waals surface area (Å²) >= 11 is 1.51. The maximum absolute atomic E-state index is 2.25. The summed E-state index contributed by atoms with van der Waals surface area (Å²) in [6.45, 7) is 0. The van der Waals surface area contributed by atoms with E-state index in [0.29, 0.717) is 18.3 Å². The van der Waals surface area contributed by atoms with Gasteiger partial charge in [0, 0.05) is 0 Å². The first-order chi connectivity index (χ1) is 15.9. The van der Waals surface area contributed by atoms with E-state index in [1.165, 1.54) is 46.9 Å². The third-order valence-electron chi connectivity index (χ3n) is 5.47. The van der Waals surface area contributed by atoms with Crippen LogP contribution >= 0.6 is 8.58 Å². The van der Waals surface area contributed by atoms with Crippen LogP contribution in [0, 0.1) is 0 Å². The van der Waals surface area contributed by atoms with Crippen LogP contribution in [0.25, 0.3) is 21.5 Å². The molecule has 0 unspecified atom stereocenters. The molecule has 0 aliphatic heterocycles. The molecule has 0 aromatic heterocycles. The first kappa shape index (κ1) is 21.2. The van der Waals surface area contributed by atoms with Crippen LogP contribution in [0.4, 0.5) is 0 Å². The van der Waals surface area contributed by atoms with Crippen LogP contribution in [-0.2, 0) is 14.7 Å². The summed E-state index contributed by atoms with van der Waals surface area (Å²) in [6.07, 6.45) is 17.5. The normalized spacial score (nSPS) is 15.1. The molecule has 4 aromatic rings. The van der Waals surface area contributed by atoms with Crippen molar-refractivity contribution in [1.29, 1.82) is 0 Å². The first-order valence-electron chi connectivity index (χ1n) is 10.9. The van der Waals surface area contributed by atoms with Crippen LogP contribution in [0.15, 0.2) is 134 Å². The summed E-state index contributed by atoms with van der Waals surface area (Å²) in [5, 5.41) is 8.22. The van der Waals surface area contributed by atoms with Crippen molar-refractivity contribution >= 4 is 40.7 Å². The van der Waals surface area contributed by atoms with E-state index in [1.54, 1.807) is 0 Å². The predicted molar refractivity (Wildman–Crippen MR) is 140 cm³/mol. The number of fused-ring (bicyclic) bond motifs is 2. The van der Waals surface area contributed by atoms with Crippen molar-refractivity contribution in [1.82, 2.24) is 0 Å². The Labute approximate surface area is 198 Å². The van der Waals surface area contributed by atoms with E-state index >= 15 is 0 Å². The van der Waals surface area contributed by atoms with Crippen molar-refractivity contribution in [3.8, 4) is 0 Å². The van der Waals surface area contributed by atoms with Crippen molar-refractivity contribution in [2.24, 2.45) is 0 Å². The molecular weight excluding hydrogens is 450 g/mol. The van der Waals surface area contributed by atoms with Crippen molar-refractivity contribution < 1.29 is 14.7 Å². The van der Waals surface area contributed by atoms with Crippen LogP contribution in [0.2, 0.25) is 9.70 Å². The summed E-state index contributed by atoms with van der Waals surface area (Å²) < 4.78 is 0. The molecule has 0 spiro atoms. The van der Waals surface area contributed by atoms with Crippen molar-refractivity contribution in [3.63, 3.8) is 0 Å². The van der Waals surface area contributed by atoms with Crippen molar-refractivity contribution in [3.05, 3.63) is 134 Å². The summed E-state index contributed by atoms with van der Waals surface area (Å²) in [6, 6.07) is 30.5. The molecule has 0 N–H and O–H groups in total. The van der Waals surface area contributed by atoms with Gasteiger partial charge in [-0.25, -0.2) is 0 Å². The fourth-order valence-electron chi connectivity index (χ4n) is 3.90. The van der Waals surface area contributed by atoms with E-state index in [-0.39, 0.29) is 0 Å². The summed E-state index contributed by atoms with van der Waals surface area (Å²) in [5.41, 5.74) is 0. The number of benzene rings is 4. The molecule has 0 heterocycles. The topological polar surface area (TPSA) is 0 Å². The van der Waals surface area contributed by atoms with Crippen LogP contribution in [0.1, 0.15) is 0 Å². The van der Waals surface area contributed by atoms with E-state index in [9.17, 15) is 0 Å². The molecule has 4 aromatic carbocycles. The van der Waals surface area contributed by atoms with Gasteiger partial charge in [0.1, 0.15) is 0 Å². The quantitative estimate of drug-likeness (QED) is 0.268. The maximum atomic E-state index is 2.25. The zero-order chi connectivity index (χ0) is 21.6. The molecule has 0 fully saturated rings. The van der Waals surface area contributed by atoms with Crippen molar-refractivity contribution in [2.45, 2.75) is 9.70 Å². The minimum Gasteiger partial charge on any atom is -0.0616 e. The Hall–Kier alpha value is -2.70. The first-order valence-corrected chi connectivity index (χ1v) is 13.1. The van der Waals surface area contributed by atoms with Gasteiger partial charge in [0.2, 0.25) is 0 Å². The SMILES string of the molecule is C1=C[CH]([Co][CH]2C=CC=C2)C=C1.c1ccc2c(Pc3cccc4ccccc34)cccc2c1. The molecule has 159 valence electrons. The Morgan fingerprint density at radius 1 is 0.469 bits per heavy atom. The smallest absolute Gasteiger partial charge is 0.0106 e. The molecule has 0 nitrogen and oxygen atoms in total. The second-order valence-electron chi connectivity index (χ2n) is 7.66. The molecule has 0 atom stereocenters. The standard InChI is InChI=1S/C20H15P.2C5H5.Co/c1-3-11-17-15(7-1)9-5-13-19(17)21-20-14-6-10-16-8-2-4-12-18(16)20;2*1-2-4-5-3-1;/h1-14,21H;2*1-5H;. The van der Waals surface area contributed by atoms with E-state index < -0.39 is 0 Å². The van der Waals surface area contributed by atoms with Gasteiger partial charge >= 0.3 is 73.0 Å². The van der Waals surface area contributed by atoms with E-state index in [0.717, 1.165) is 0 Å². The molecule has 2 heteroatoms. The number of allylic oxidation sites excluding steroid dienone is 8. The van der Waals surface area contributed by atoms with Crippen LogP contribution < -0.4 is 10.6 Å². The minimum atomic E-state index is 0.642. The Bertz CT molecular complexity index is 1210. The molecule has 0 radical (unpaired) electrons. The van der Waals surface area contributed by atoms with Gasteiger partial charge in [-0.1, -0.05) is 93.5 Å². The third-order valence-corrected chi connectivity index (χ3v) is 8.49. The van der Waals surface area contributed by atoms with Gasteiger partial charge in [0.25, 0.3) is 0 Å². The second-order valence-corrected chi connectivity index (χ2v) is 10.7. The molecule has 0 saturated carbocycles. The summed E-state index contributed by atoms with van der Waals surface area (Å²) in [7, 11) is 0.684. The molecule has 6 rings (SSSR count). The number of rotatable bonds is 4. The molecule has 2 aliphatic carbocycles. The van der Waals surface area contributed by atoms with Gasteiger partial charge in [0.05, 0.1) is 0 Å². The van der Waals surface area contributed by atoms with Crippen LogP contribution in [-0.4, -0.2) is 0 Å². The average molecular weight is 475 g/mol. The fraction of sp³-hybridized carbons (Fsp3) is 0.0667. The van der Waals surface area contributed by atoms with E-state index in [4.69, 9.17) is 0 Å². The number of hydrogen-bond acceptors (Lipinski definition) is 0. The summed E-state index contributed by atoms with van der Waals surface area (Å²) in [4.78, 5) is 1.28. The van der Waals surface area contributed by atoms with E-state index in [1.807, 2.05) is 0 Å². The second kappa shape index (κ2) is 10.3. The van der Waals surface area contributed by atoms with Crippen LogP contribution in [0.3, 0.4) is 0 Å². The van der Waals surface area contributed by atoms with Crippen LogP contribution in [0.5, 0.6) is 0 Å². The average Bonchev–Trinajstić information content (AvgIpc) is 3.55. The Kier molecular flexibility index (Phi) is 6.79. The molecule has 2 aliphatic rings. The largest absolute Gasteiger partial charge is 0.0616 e. The van der Waals surface area contributed by atoms with Gasteiger partial charge in [-0.2, -0.15) is 0 Å². The molecular formula is C30H25CoP. The Balaban J connectivity index is 0.000000165. The van der Waals surface area contributed by atoms with Gasteiger partial charge < -0.3 is 0 Å². The monoisotopic (exact) mass is 475 g/mol. The fourth-order valence-corrected chi connectivity index (χ4v) is 6.66. The third kappa shape index (κ3) is 5.02. The molecule has 0 amide bonds. The molecule has 0 bridgehead atoms. The zero-order valence-corrected chi connectivity index (χ0v) is 19.7. The zero-order valence-electron chi connectivity index (χ0n) is 17.7.